The molecule has 1 aromatic carbocycles. The van der Waals surface area contributed by atoms with Gasteiger partial charge in [-0.3, -0.25) is 9.89 Å². The van der Waals surface area contributed by atoms with Crippen LogP contribution in [0.4, 0.5) is 0 Å². The number of hydrogen-bond acceptors (Lipinski definition) is 3. The highest BCUT2D eigenvalue weighted by molar-refractivity contribution is 7.13. The Kier molecular flexibility index (Phi) is 4.12. The van der Waals surface area contributed by atoms with E-state index in [2.05, 4.69) is 10.2 Å². The number of nitrogens with one attached hydrogen (secondary N) is 1. The van der Waals surface area contributed by atoms with Gasteiger partial charge in [0.2, 0.25) is 0 Å². The molecule has 1 amide bonds. The number of thiophene rings is 1. The predicted octanol–water partition coefficient (Wildman–Crippen LogP) is 4.77. The molecule has 4 nitrogen and oxygen atoms in total. The molecule has 1 fully saturated rings. The van der Waals surface area contributed by atoms with Gasteiger partial charge in [-0.15, -0.1) is 11.3 Å². The Labute approximate surface area is 149 Å². The summed E-state index contributed by atoms with van der Waals surface area (Å²) in [5.41, 5.74) is 2.77. The molecule has 1 N–H and O–H groups in total. The Balaban J connectivity index is 1.61. The Bertz CT molecular complexity index is 859. The molecule has 1 unspecified atom stereocenters. The molecule has 0 radical (unpaired) electrons. The van der Waals surface area contributed by atoms with Crippen LogP contribution in [-0.4, -0.2) is 27.5 Å². The van der Waals surface area contributed by atoms with E-state index in [-0.39, 0.29) is 11.9 Å². The number of aromatic nitrogens is 2. The second-order valence-corrected chi connectivity index (χ2v) is 7.18. The summed E-state index contributed by atoms with van der Waals surface area (Å²) in [6, 6.07) is 9.80. The normalized spacial score (nSPS) is 17.4. The highest BCUT2D eigenvalue weighted by Crippen LogP contribution is 2.37. The standard InChI is InChI=1S/C18H16ClN3OS/c19-15-5-2-1-4-14(15)16-6-3-7-22(16)18(23)12-8-17(24-11-12)13-9-20-21-10-13/h1-2,4-5,8-11,16H,3,6-7H2,(H,20,21). The highest BCUT2D eigenvalue weighted by atomic mass is 35.5. The summed E-state index contributed by atoms with van der Waals surface area (Å²) in [6.45, 7) is 0.769. The van der Waals surface area contributed by atoms with Crippen LogP contribution in [-0.2, 0) is 0 Å². The summed E-state index contributed by atoms with van der Waals surface area (Å²) in [5.74, 6) is 0.0726. The number of benzene rings is 1. The lowest BCUT2D eigenvalue weighted by Crippen LogP contribution is -2.30. The van der Waals surface area contributed by atoms with Crippen LogP contribution in [0.15, 0.2) is 48.1 Å². The third-order valence-electron chi connectivity index (χ3n) is 4.41. The topological polar surface area (TPSA) is 49.0 Å². The molecule has 0 aliphatic carbocycles. The van der Waals surface area contributed by atoms with Gasteiger partial charge in [-0.1, -0.05) is 29.8 Å². The van der Waals surface area contributed by atoms with Crippen LogP contribution in [0.2, 0.25) is 5.02 Å². The molecule has 1 aliphatic heterocycles. The van der Waals surface area contributed by atoms with Crippen molar-refractivity contribution in [3.05, 3.63) is 64.3 Å². The summed E-state index contributed by atoms with van der Waals surface area (Å²) in [4.78, 5) is 16.0. The summed E-state index contributed by atoms with van der Waals surface area (Å²) in [5, 5.41) is 9.42. The first-order valence-electron chi connectivity index (χ1n) is 7.87. The largest absolute Gasteiger partial charge is 0.332 e. The number of rotatable bonds is 3. The fraction of sp³-hybridized carbons (Fsp3) is 0.222. The van der Waals surface area contributed by atoms with E-state index in [1.54, 1.807) is 17.5 Å². The van der Waals surface area contributed by atoms with E-state index in [1.165, 1.54) is 0 Å². The second kappa shape index (κ2) is 6.42. The minimum atomic E-state index is 0.0588. The molecule has 0 saturated carbocycles. The van der Waals surface area contributed by atoms with E-state index in [4.69, 9.17) is 11.6 Å². The highest BCUT2D eigenvalue weighted by Gasteiger charge is 2.32. The first-order chi connectivity index (χ1) is 11.7. The van der Waals surface area contributed by atoms with Crippen molar-refractivity contribution in [2.24, 2.45) is 0 Å². The van der Waals surface area contributed by atoms with E-state index >= 15 is 0 Å². The molecule has 2 aromatic heterocycles. The van der Waals surface area contributed by atoms with Gasteiger partial charge in [0.1, 0.15) is 0 Å². The second-order valence-electron chi connectivity index (χ2n) is 5.86. The summed E-state index contributed by atoms with van der Waals surface area (Å²) in [7, 11) is 0. The van der Waals surface area contributed by atoms with Crippen molar-refractivity contribution >= 4 is 28.8 Å². The van der Waals surface area contributed by atoms with Crippen LogP contribution in [0.1, 0.15) is 34.8 Å². The molecule has 3 aromatic rings. The van der Waals surface area contributed by atoms with Crippen molar-refractivity contribution in [1.29, 1.82) is 0 Å². The first-order valence-corrected chi connectivity index (χ1v) is 9.13. The van der Waals surface area contributed by atoms with E-state index in [0.29, 0.717) is 0 Å². The minimum Gasteiger partial charge on any atom is -0.332 e. The molecule has 6 heteroatoms. The van der Waals surface area contributed by atoms with Gasteiger partial charge in [-0.2, -0.15) is 5.10 Å². The van der Waals surface area contributed by atoms with Gasteiger partial charge in [-0.05, 0) is 30.5 Å². The van der Waals surface area contributed by atoms with Gasteiger partial charge in [-0.25, -0.2) is 0 Å². The van der Waals surface area contributed by atoms with Gasteiger partial charge in [0.05, 0.1) is 17.8 Å². The smallest absolute Gasteiger partial charge is 0.255 e. The van der Waals surface area contributed by atoms with Crippen molar-refractivity contribution in [3.63, 3.8) is 0 Å². The molecule has 3 heterocycles. The number of hydrogen-bond donors (Lipinski definition) is 1. The molecule has 1 atom stereocenters. The van der Waals surface area contributed by atoms with Crippen molar-refractivity contribution in [3.8, 4) is 10.4 Å². The van der Waals surface area contributed by atoms with E-state index in [0.717, 1.165) is 46.0 Å². The number of nitrogens with zero attached hydrogens (tertiary/aromatic N) is 2. The fourth-order valence-electron chi connectivity index (χ4n) is 3.23. The monoisotopic (exact) mass is 357 g/mol. The van der Waals surface area contributed by atoms with Crippen LogP contribution in [0.5, 0.6) is 0 Å². The van der Waals surface area contributed by atoms with Gasteiger partial charge in [0.15, 0.2) is 0 Å². The number of likely N-dealkylation sites (tertiary alicyclic amines) is 1. The number of H-pyrrole nitrogens is 1. The SMILES string of the molecule is O=C(c1csc(-c2cn[nH]c2)c1)N1CCCC1c1ccccc1Cl. The number of aromatic amines is 1. The van der Waals surface area contributed by atoms with Crippen molar-refractivity contribution in [2.45, 2.75) is 18.9 Å². The van der Waals surface area contributed by atoms with Crippen molar-refractivity contribution < 1.29 is 4.79 Å². The lowest BCUT2D eigenvalue weighted by molar-refractivity contribution is 0.0736. The molecule has 1 aliphatic rings. The Morgan fingerprint density at radius 2 is 2.25 bits per heavy atom. The Morgan fingerprint density at radius 1 is 1.38 bits per heavy atom. The van der Waals surface area contributed by atoms with Crippen LogP contribution < -0.4 is 0 Å². The van der Waals surface area contributed by atoms with Gasteiger partial charge >= 0.3 is 0 Å². The van der Waals surface area contributed by atoms with Gasteiger partial charge in [0.25, 0.3) is 5.91 Å². The molecule has 122 valence electrons. The van der Waals surface area contributed by atoms with E-state index in [1.807, 2.05) is 46.8 Å². The molecule has 0 spiro atoms. The molecular weight excluding hydrogens is 342 g/mol. The number of carbonyl (C=O) groups excluding carboxylic acids is 1. The average Bonchev–Trinajstić information content (AvgIpc) is 3.34. The number of amides is 1. The van der Waals surface area contributed by atoms with Crippen molar-refractivity contribution in [1.82, 2.24) is 15.1 Å². The molecular formula is C18H16ClN3OS. The first kappa shape index (κ1) is 15.4. The van der Waals surface area contributed by atoms with Crippen LogP contribution >= 0.6 is 22.9 Å². The van der Waals surface area contributed by atoms with Crippen LogP contribution in [0, 0.1) is 0 Å². The minimum absolute atomic E-state index is 0.0588. The number of carbonyl (C=O) groups is 1. The zero-order valence-electron chi connectivity index (χ0n) is 12.9. The zero-order chi connectivity index (χ0) is 16.5. The number of halogens is 1. The lowest BCUT2D eigenvalue weighted by Gasteiger charge is -2.25. The third kappa shape index (κ3) is 2.74. The predicted molar refractivity (Wildman–Crippen MR) is 96.4 cm³/mol. The van der Waals surface area contributed by atoms with E-state index < -0.39 is 0 Å². The average molecular weight is 358 g/mol. The Hall–Kier alpha value is -2.11. The van der Waals surface area contributed by atoms with Gasteiger partial charge in [0, 0.05) is 33.6 Å². The van der Waals surface area contributed by atoms with E-state index in [9.17, 15) is 4.79 Å². The summed E-state index contributed by atoms with van der Waals surface area (Å²) < 4.78 is 0. The van der Waals surface area contributed by atoms with Crippen LogP contribution in [0.25, 0.3) is 10.4 Å². The van der Waals surface area contributed by atoms with Crippen LogP contribution in [0.3, 0.4) is 0 Å². The maximum absolute atomic E-state index is 13.0. The summed E-state index contributed by atoms with van der Waals surface area (Å²) in [6.07, 6.45) is 5.56. The maximum Gasteiger partial charge on any atom is 0.255 e. The molecule has 1 saturated heterocycles. The quantitative estimate of drug-likeness (QED) is 0.734. The maximum atomic E-state index is 13.0. The summed E-state index contributed by atoms with van der Waals surface area (Å²) >= 11 is 7.91. The molecule has 4 rings (SSSR count). The lowest BCUT2D eigenvalue weighted by atomic mass is 10.0. The molecule has 0 bridgehead atoms. The zero-order valence-corrected chi connectivity index (χ0v) is 14.5. The fourth-order valence-corrected chi connectivity index (χ4v) is 4.36. The van der Waals surface area contributed by atoms with Crippen molar-refractivity contribution in [2.75, 3.05) is 6.54 Å². The van der Waals surface area contributed by atoms with Gasteiger partial charge < -0.3 is 4.90 Å². The Morgan fingerprint density at radius 3 is 3.04 bits per heavy atom. The third-order valence-corrected chi connectivity index (χ3v) is 5.73. The molecule has 24 heavy (non-hydrogen) atoms.